The first-order valence-electron chi connectivity index (χ1n) is 6.26. The molecule has 1 fully saturated rings. The summed E-state index contributed by atoms with van der Waals surface area (Å²) in [6.07, 6.45) is 4.15. The molecule has 0 spiro atoms. The molecule has 1 aliphatic rings. The van der Waals surface area contributed by atoms with E-state index in [9.17, 15) is 9.59 Å². The van der Waals surface area contributed by atoms with Gasteiger partial charge in [-0.15, -0.1) is 0 Å². The van der Waals surface area contributed by atoms with Crippen molar-refractivity contribution in [3.63, 3.8) is 0 Å². The third kappa shape index (κ3) is 3.10. The number of thioether (sulfide) groups is 1. The molecule has 19 heavy (non-hydrogen) atoms. The summed E-state index contributed by atoms with van der Waals surface area (Å²) < 4.78 is 0. The van der Waals surface area contributed by atoms with Gasteiger partial charge in [0.25, 0.3) is 5.91 Å². The molecule has 102 valence electrons. The van der Waals surface area contributed by atoms with Crippen LogP contribution in [0.1, 0.15) is 33.6 Å². The Morgan fingerprint density at radius 2 is 1.95 bits per heavy atom. The molecule has 0 radical (unpaired) electrons. The van der Waals surface area contributed by atoms with Crippen molar-refractivity contribution in [2.24, 2.45) is 0 Å². The number of likely N-dealkylation sites (tertiary alicyclic amines) is 1. The van der Waals surface area contributed by atoms with Crippen LogP contribution < -0.4 is 0 Å². The second-order valence-electron chi connectivity index (χ2n) is 4.63. The first-order chi connectivity index (χ1) is 9.13. The van der Waals surface area contributed by atoms with Gasteiger partial charge >= 0.3 is 5.97 Å². The predicted molar refractivity (Wildman–Crippen MR) is 75.8 cm³/mol. The molecule has 0 aliphatic carbocycles. The van der Waals surface area contributed by atoms with Crippen LogP contribution in [0, 0.1) is 0 Å². The highest BCUT2D eigenvalue weighted by Crippen LogP contribution is 2.22. The van der Waals surface area contributed by atoms with E-state index in [1.807, 2.05) is 11.2 Å². The number of aromatic carboxylic acids is 1. The van der Waals surface area contributed by atoms with E-state index in [0.717, 1.165) is 25.1 Å². The minimum atomic E-state index is -0.972. The van der Waals surface area contributed by atoms with E-state index in [1.54, 1.807) is 23.9 Å². The number of hydrogen-bond donors (Lipinski definition) is 1. The molecule has 1 atom stereocenters. The molecular weight excluding hydrogens is 262 g/mol. The topological polar surface area (TPSA) is 57.6 Å². The van der Waals surface area contributed by atoms with Gasteiger partial charge in [-0.2, -0.15) is 11.8 Å². The fourth-order valence-corrected chi connectivity index (χ4v) is 3.12. The molecule has 1 unspecified atom stereocenters. The molecule has 1 N–H and O–H groups in total. The van der Waals surface area contributed by atoms with Gasteiger partial charge in [0, 0.05) is 23.9 Å². The molecule has 1 heterocycles. The van der Waals surface area contributed by atoms with Gasteiger partial charge in [-0.05, 0) is 43.4 Å². The monoisotopic (exact) mass is 279 g/mol. The van der Waals surface area contributed by atoms with Crippen LogP contribution in [-0.2, 0) is 0 Å². The van der Waals surface area contributed by atoms with Crippen molar-refractivity contribution in [1.29, 1.82) is 0 Å². The van der Waals surface area contributed by atoms with Crippen LogP contribution in [0.5, 0.6) is 0 Å². The highest BCUT2D eigenvalue weighted by atomic mass is 32.2. The van der Waals surface area contributed by atoms with E-state index in [0.29, 0.717) is 11.6 Å². The third-order valence-corrected chi connectivity index (χ3v) is 4.09. The fourth-order valence-electron chi connectivity index (χ4n) is 2.39. The summed E-state index contributed by atoms with van der Waals surface area (Å²) in [5.74, 6) is -0.00667. The van der Waals surface area contributed by atoms with Crippen molar-refractivity contribution in [3.05, 3.63) is 35.4 Å². The number of nitrogens with zero attached hydrogens (tertiary/aromatic N) is 1. The van der Waals surface area contributed by atoms with E-state index < -0.39 is 5.97 Å². The molecule has 0 saturated carbocycles. The average Bonchev–Trinajstić information content (AvgIpc) is 2.87. The number of hydrogen-bond acceptors (Lipinski definition) is 3. The lowest BCUT2D eigenvalue weighted by Crippen LogP contribution is -2.36. The second kappa shape index (κ2) is 6.10. The molecule has 2 rings (SSSR count). The molecule has 1 aromatic carbocycles. The molecule has 1 saturated heterocycles. The number of rotatable bonds is 4. The Labute approximate surface area is 116 Å². The van der Waals surface area contributed by atoms with Gasteiger partial charge in [0.15, 0.2) is 0 Å². The number of carbonyl (C=O) groups is 2. The minimum Gasteiger partial charge on any atom is -0.478 e. The molecule has 5 heteroatoms. The second-order valence-corrected chi connectivity index (χ2v) is 5.54. The maximum atomic E-state index is 12.4. The van der Waals surface area contributed by atoms with E-state index in [4.69, 9.17) is 5.11 Å². The van der Waals surface area contributed by atoms with Crippen molar-refractivity contribution in [3.8, 4) is 0 Å². The van der Waals surface area contributed by atoms with Gasteiger partial charge < -0.3 is 10.0 Å². The quantitative estimate of drug-likeness (QED) is 0.919. The van der Waals surface area contributed by atoms with Crippen molar-refractivity contribution >= 4 is 23.6 Å². The summed E-state index contributed by atoms with van der Waals surface area (Å²) in [5.41, 5.74) is 0.775. The van der Waals surface area contributed by atoms with Gasteiger partial charge in [-0.25, -0.2) is 4.79 Å². The van der Waals surface area contributed by atoms with Crippen molar-refractivity contribution in [2.45, 2.75) is 18.9 Å². The van der Waals surface area contributed by atoms with Crippen LogP contribution in [0.4, 0.5) is 0 Å². The fraction of sp³-hybridized carbons (Fsp3) is 0.429. The van der Waals surface area contributed by atoms with E-state index in [-0.39, 0.29) is 11.5 Å². The molecule has 4 nitrogen and oxygen atoms in total. The maximum absolute atomic E-state index is 12.4. The molecule has 0 bridgehead atoms. The highest BCUT2D eigenvalue weighted by Gasteiger charge is 2.28. The van der Waals surface area contributed by atoms with Crippen molar-refractivity contribution < 1.29 is 14.7 Å². The smallest absolute Gasteiger partial charge is 0.335 e. The van der Waals surface area contributed by atoms with E-state index in [1.165, 1.54) is 12.1 Å². The zero-order valence-electron chi connectivity index (χ0n) is 10.8. The van der Waals surface area contributed by atoms with Gasteiger partial charge in [0.1, 0.15) is 0 Å². The maximum Gasteiger partial charge on any atom is 0.335 e. The van der Waals surface area contributed by atoms with Gasteiger partial charge in [0.05, 0.1) is 5.56 Å². The SMILES string of the molecule is CSCC1CCCN1C(=O)c1ccc(C(=O)O)cc1. The number of amides is 1. The minimum absolute atomic E-state index is 0.00786. The van der Waals surface area contributed by atoms with E-state index in [2.05, 4.69) is 0 Å². The van der Waals surface area contributed by atoms with Gasteiger partial charge in [-0.1, -0.05) is 0 Å². The van der Waals surface area contributed by atoms with Gasteiger partial charge in [-0.3, -0.25) is 4.79 Å². The molecule has 0 aromatic heterocycles. The van der Waals surface area contributed by atoms with Gasteiger partial charge in [0.2, 0.25) is 0 Å². The lowest BCUT2D eigenvalue weighted by molar-refractivity contribution is 0.0693. The largest absolute Gasteiger partial charge is 0.478 e. The molecule has 1 amide bonds. The first-order valence-corrected chi connectivity index (χ1v) is 7.66. The lowest BCUT2D eigenvalue weighted by atomic mass is 10.1. The summed E-state index contributed by atoms with van der Waals surface area (Å²) in [6.45, 7) is 0.796. The standard InChI is InChI=1S/C14H17NO3S/c1-19-9-12-3-2-8-15(12)13(16)10-4-6-11(7-5-10)14(17)18/h4-7,12H,2-3,8-9H2,1H3,(H,17,18). The van der Waals surface area contributed by atoms with Crippen molar-refractivity contribution in [2.75, 3.05) is 18.6 Å². The van der Waals surface area contributed by atoms with Crippen LogP contribution in [0.2, 0.25) is 0 Å². The summed E-state index contributed by atoms with van der Waals surface area (Å²) in [7, 11) is 0. The predicted octanol–water partition coefficient (Wildman–Crippen LogP) is 2.35. The summed E-state index contributed by atoms with van der Waals surface area (Å²) in [4.78, 5) is 25.1. The summed E-state index contributed by atoms with van der Waals surface area (Å²) >= 11 is 1.75. The average molecular weight is 279 g/mol. The Kier molecular flexibility index (Phi) is 4.47. The summed E-state index contributed by atoms with van der Waals surface area (Å²) in [5, 5.41) is 8.84. The Bertz CT molecular complexity index is 472. The molecule has 1 aliphatic heterocycles. The van der Waals surface area contributed by atoms with Crippen LogP contribution in [-0.4, -0.2) is 46.5 Å². The van der Waals surface area contributed by atoms with Crippen LogP contribution in [0.25, 0.3) is 0 Å². The molecule has 1 aromatic rings. The highest BCUT2D eigenvalue weighted by molar-refractivity contribution is 7.98. The number of carbonyl (C=O) groups excluding carboxylic acids is 1. The number of benzene rings is 1. The Morgan fingerprint density at radius 1 is 1.32 bits per heavy atom. The van der Waals surface area contributed by atoms with Crippen LogP contribution in [0.15, 0.2) is 24.3 Å². The van der Waals surface area contributed by atoms with Crippen LogP contribution in [0.3, 0.4) is 0 Å². The Balaban J connectivity index is 2.12. The lowest BCUT2D eigenvalue weighted by Gasteiger charge is -2.24. The molecular formula is C14H17NO3S. The van der Waals surface area contributed by atoms with Crippen LogP contribution >= 0.6 is 11.8 Å². The Hall–Kier alpha value is -1.49. The number of carboxylic acids is 1. The van der Waals surface area contributed by atoms with Crippen molar-refractivity contribution in [1.82, 2.24) is 4.90 Å². The zero-order chi connectivity index (χ0) is 13.8. The number of carboxylic acid groups (broad SMARTS) is 1. The third-order valence-electron chi connectivity index (χ3n) is 3.38. The first kappa shape index (κ1) is 13.9. The normalized spacial score (nSPS) is 18.6. The summed E-state index contributed by atoms with van der Waals surface area (Å²) in [6, 6.07) is 6.46. The van der Waals surface area contributed by atoms with E-state index >= 15 is 0 Å². The Morgan fingerprint density at radius 3 is 2.53 bits per heavy atom. The zero-order valence-corrected chi connectivity index (χ0v) is 11.7.